The molecule has 1 aromatic rings. The number of benzene rings is 1. The minimum absolute atomic E-state index is 0.0214. The lowest BCUT2D eigenvalue weighted by atomic mass is 10.2. The van der Waals surface area contributed by atoms with Crippen molar-refractivity contribution >= 4 is 21.7 Å². The zero-order chi connectivity index (χ0) is 10.2. The molecule has 0 aliphatic carbocycles. The largest absolute Gasteiger partial charge is 0.296 e. The van der Waals surface area contributed by atoms with Crippen LogP contribution < -0.4 is 0 Å². The predicted molar refractivity (Wildman–Crippen MR) is 49.6 cm³/mol. The highest BCUT2D eigenvalue weighted by Crippen LogP contribution is 2.25. The molecule has 0 unspecified atom stereocenters. The first kappa shape index (κ1) is 10.5. The second-order valence-corrected chi connectivity index (χ2v) is 4.50. The van der Waals surface area contributed by atoms with Crippen LogP contribution in [-0.4, -0.2) is 13.0 Å². The molecule has 0 aliphatic rings. The summed E-state index contributed by atoms with van der Waals surface area (Å²) in [6.45, 7) is 3.31. The van der Waals surface area contributed by atoms with Crippen LogP contribution in [0.4, 0.5) is 0 Å². The Bertz CT molecular complexity index is 437. The fourth-order valence-electron chi connectivity index (χ4n) is 1.02. The van der Waals surface area contributed by atoms with Gasteiger partial charge in [-0.1, -0.05) is 11.6 Å². The fraction of sp³-hybridized carbons (Fsp3) is 0.250. The molecule has 0 heterocycles. The van der Waals surface area contributed by atoms with E-state index in [9.17, 15) is 8.42 Å². The molecule has 0 bridgehead atoms. The van der Waals surface area contributed by atoms with Gasteiger partial charge in [-0.05, 0) is 37.1 Å². The Morgan fingerprint density at radius 3 is 2.46 bits per heavy atom. The van der Waals surface area contributed by atoms with Gasteiger partial charge in [0.2, 0.25) is 0 Å². The first-order valence-electron chi connectivity index (χ1n) is 3.49. The SMILES string of the molecule is Cc1[c]c(C)c(Cl)c(S(=O)(=O)O)c1. The number of halogens is 1. The monoisotopic (exact) mass is 219 g/mol. The number of hydrogen-bond donors (Lipinski definition) is 1. The summed E-state index contributed by atoms with van der Waals surface area (Å²) in [6.07, 6.45) is 0. The number of aryl methyl sites for hydroxylation is 2. The van der Waals surface area contributed by atoms with E-state index in [2.05, 4.69) is 6.07 Å². The molecular formula is C8H8ClO3S. The van der Waals surface area contributed by atoms with Crippen molar-refractivity contribution in [1.82, 2.24) is 0 Å². The first-order valence-corrected chi connectivity index (χ1v) is 5.30. The Morgan fingerprint density at radius 1 is 1.46 bits per heavy atom. The molecule has 1 aromatic carbocycles. The minimum Gasteiger partial charge on any atom is -0.282 e. The molecule has 1 rings (SSSR count). The maximum atomic E-state index is 10.8. The van der Waals surface area contributed by atoms with E-state index in [0.717, 1.165) is 0 Å². The average Bonchev–Trinajstić information content (AvgIpc) is 1.94. The van der Waals surface area contributed by atoms with Crippen molar-refractivity contribution in [2.45, 2.75) is 18.7 Å². The van der Waals surface area contributed by atoms with E-state index in [0.29, 0.717) is 11.1 Å². The smallest absolute Gasteiger partial charge is 0.282 e. The van der Waals surface area contributed by atoms with Crippen LogP contribution in [0.25, 0.3) is 0 Å². The number of hydrogen-bond acceptors (Lipinski definition) is 2. The van der Waals surface area contributed by atoms with E-state index in [-0.39, 0.29) is 9.92 Å². The molecule has 71 valence electrons. The summed E-state index contributed by atoms with van der Waals surface area (Å²) in [6, 6.07) is 4.13. The Kier molecular flexibility index (Phi) is 2.66. The van der Waals surface area contributed by atoms with Crippen LogP contribution in [0.5, 0.6) is 0 Å². The van der Waals surface area contributed by atoms with Gasteiger partial charge < -0.3 is 0 Å². The molecule has 13 heavy (non-hydrogen) atoms. The van der Waals surface area contributed by atoms with Gasteiger partial charge in [-0.2, -0.15) is 8.42 Å². The molecule has 0 amide bonds. The van der Waals surface area contributed by atoms with E-state index in [1.807, 2.05) is 0 Å². The van der Waals surface area contributed by atoms with Crippen LogP contribution in [-0.2, 0) is 10.1 Å². The Hall–Kier alpha value is -0.580. The van der Waals surface area contributed by atoms with E-state index >= 15 is 0 Å². The third kappa shape index (κ3) is 2.21. The standard InChI is InChI=1S/C8H8ClO3S/c1-5-3-6(2)8(9)7(4-5)13(10,11)12/h4H,1-2H3,(H,10,11,12). The van der Waals surface area contributed by atoms with E-state index in [4.69, 9.17) is 16.2 Å². The van der Waals surface area contributed by atoms with Crippen molar-refractivity contribution in [2.24, 2.45) is 0 Å². The van der Waals surface area contributed by atoms with E-state index in [1.54, 1.807) is 13.8 Å². The lowest BCUT2D eigenvalue weighted by Crippen LogP contribution is -2.00. The van der Waals surface area contributed by atoms with Gasteiger partial charge in [0.25, 0.3) is 10.1 Å². The van der Waals surface area contributed by atoms with Crippen LogP contribution in [0, 0.1) is 19.9 Å². The molecule has 0 fully saturated rings. The maximum absolute atomic E-state index is 10.8. The lowest BCUT2D eigenvalue weighted by Gasteiger charge is -2.04. The van der Waals surface area contributed by atoms with Gasteiger partial charge in [-0.15, -0.1) is 0 Å². The summed E-state index contributed by atoms with van der Waals surface area (Å²) in [4.78, 5) is -0.261. The molecule has 1 N–H and O–H groups in total. The molecule has 0 spiro atoms. The topological polar surface area (TPSA) is 54.4 Å². The van der Waals surface area contributed by atoms with Crippen molar-refractivity contribution in [3.63, 3.8) is 0 Å². The van der Waals surface area contributed by atoms with Gasteiger partial charge >= 0.3 is 0 Å². The highest BCUT2D eigenvalue weighted by molar-refractivity contribution is 7.86. The van der Waals surface area contributed by atoms with Crippen LogP contribution in [0.3, 0.4) is 0 Å². The quantitative estimate of drug-likeness (QED) is 0.735. The van der Waals surface area contributed by atoms with Crippen molar-refractivity contribution in [3.05, 3.63) is 28.3 Å². The first-order chi connectivity index (χ1) is 5.82. The Labute approximate surface area is 82.1 Å². The lowest BCUT2D eigenvalue weighted by molar-refractivity contribution is 0.483. The van der Waals surface area contributed by atoms with Gasteiger partial charge in [-0.25, -0.2) is 0 Å². The van der Waals surface area contributed by atoms with Gasteiger partial charge in [0.15, 0.2) is 0 Å². The molecule has 5 heteroatoms. The zero-order valence-corrected chi connectivity index (χ0v) is 8.70. The predicted octanol–water partition coefficient (Wildman–Crippen LogP) is 2.00. The second kappa shape index (κ2) is 3.29. The average molecular weight is 220 g/mol. The zero-order valence-electron chi connectivity index (χ0n) is 7.13. The summed E-state index contributed by atoms with van der Waals surface area (Å²) in [7, 11) is -4.23. The second-order valence-electron chi connectivity index (χ2n) is 2.73. The molecule has 3 nitrogen and oxygen atoms in total. The molecule has 0 aliphatic heterocycles. The summed E-state index contributed by atoms with van der Waals surface area (Å²) >= 11 is 5.68. The van der Waals surface area contributed by atoms with Crippen molar-refractivity contribution in [1.29, 1.82) is 0 Å². The third-order valence-corrected chi connectivity index (χ3v) is 3.03. The van der Waals surface area contributed by atoms with E-state index in [1.165, 1.54) is 6.07 Å². The van der Waals surface area contributed by atoms with Crippen molar-refractivity contribution < 1.29 is 13.0 Å². The van der Waals surface area contributed by atoms with Gasteiger partial charge in [0, 0.05) is 0 Å². The highest BCUT2D eigenvalue weighted by atomic mass is 35.5. The summed E-state index contributed by atoms with van der Waals surface area (Å²) in [5.41, 5.74) is 1.13. The molecule has 1 radical (unpaired) electrons. The molecule has 0 saturated carbocycles. The Balaban J connectivity index is 3.56. The van der Waals surface area contributed by atoms with Gasteiger partial charge in [0.05, 0.1) is 5.02 Å². The summed E-state index contributed by atoms with van der Waals surface area (Å²) in [5.74, 6) is 0. The number of rotatable bonds is 1. The summed E-state index contributed by atoms with van der Waals surface area (Å²) in [5, 5.41) is 0.0214. The summed E-state index contributed by atoms with van der Waals surface area (Å²) < 4.78 is 30.4. The maximum Gasteiger partial charge on any atom is 0.296 e. The normalized spacial score (nSPS) is 11.7. The minimum atomic E-state index is -4.23. The van der Waals surface area contributed by atoms with Crippen molar-refractivity contribution in [2.75, 3.05) is 0 Å². The molecule has 0 aromatic heterocycles. The highest BCUT2D eigenvalue weighted by Gasteiger charge is 2.16. The Morgan fingerprint density at radius 2 is 2.00 bits per heavy atom. The molecule has 0 atom stereocenters. The van der Waals surface area contributed by atoms with E-state index < -0.39 is 10.1 Å². The fourth-order valence-corrected chi connectivity index (χ4v) is 2.12. The van der Waals surface area contributed by atoms with Crippen LogP contribution in [0.1, 0.15) is 11.1 Å². The third-order valence-electron chi connectivity index (χ3n) is 1.56. The van der Waals surface area contributed by atoms with Crippen LogP contribution in [0.2, 0.25) is 5.02 Å². The van der Waals surface area contributed by atoms with Crippen LogP contribution >= 0.6 is 11.6 Å². The molecule has 0 saturated heterocycles. The van der Waals surface area contributed by atoms with Crippen molar-refractivity contribution in [3.8, 4) is 0 Å². The van der Waals surface area contributed by atoms with Crippen LogP contribution in [0.15, 0.2) is 11.0 Å². The van der Waals surface area contributed by atoms with Gasteiger partial charge in [-0.3, -0.25) is 4.55 Å². The van der Waals surface area contributed by atoms with Gasteiger partial charge in [0.1, 0.15) is 4.90 Å². The molecular weight excluding hydrogens is 212 g/mol.